The second-order valence-corrected chi connectivity index (χ2v) is 6.67. The van der Waals surface area contributed by atoms with Crippen molar-refractivity contribution in [3.8, 4) is 11.4 Å². The molecule has 2 aromatic carbocycles. The highest BCUT2D eigenvalue weighted by Gasteiger charge is 2.16. The minimum absolute atomic E-state index is 0.0441. The van der Waals surface area contributed by atoms with Gasteiger partial charge in [-0.15, -0.1) is 0 Å². The molecular formula is C22H23FN4O3. The van der Waals surface area contributed by atoms with E-state index in [2.05, 4.69) is 16.0 Å². The van der Waals surface area contributed by atoms with E-state index in [1.54, 1.807) is 48.0 Å². The molecule has 7 nitrogen and oxygen atoms in total. The first kappa shape index (κ1) is 21.0. The fraction of sp³-hybridized carbons (Fsp3) is 0.227. The van der Waals surface area contributed by atoms with Crippen LogP contribution in [0.2, 0.25) is 0 Å². The summed E-state index contributed by atoms with van der Waals surface area (Å²) in [7, 11) is 0. The lowest BCUT2D eigenvalue weighted by Gasteiger charge is -2.09. The van der Waals surface area contributed by atoms with Crippen molar-refractivity contribution >= 4 is 11.8 Å². The van der Waals surface area contributed by atoms with Gasteiger partial charge in [0.1, 0.15) is 11.6 Å². The summed E-state index contributed by atoms with van der Waals surface area (Å²) in [5.74, 6) is -0.466. The molecule has 0 aliphatic heterocycles. The van der Waals surface area contributed by atoms with Gasteiger partial charge in [-0.3, -0.25) is 20.4 Å². The molecule has 0 fully saturated rings. The van der Waals surface area contributed by atoms with Crippen LogP contribution in [0.3, 0.4) is 0 Å². The normalized spacial score (nSPS) is 10.5. The monoisotopic (exact) mass is 410 g/mol. The molecule has 3 rings (SSSR count). The zero-order chi connectivity index (χ0) is 21.7. The van der Waals surface area contributed by atoms with Gasteiger partial charge in [-0.25, -0.2) is 9.07 Å². The molecule has 0 atom stereocenters. The molecule has 3 aromatic rings. The van der Waals surface area contributed by atoms with E-state index < -0.39 is 5.91 Å². The van der Waals surface area contributed by atoms with E-state index in [1.807, 2.05) is 13.8 Å². The Morgan fingerprint density at radius 2 is 1.70 bits per heavy atom. The molecular weight excluding hydrogens is 387 g/mol. The van der Waals surface area contributed by atoms with Crippen molar-refractivity contribution in [1.29, 1.82) is 0 Å². The van der Waals surface area contributed by atoms with E-state index in [0.29, 0.717) is 29.3 Å². The van der Waals surface area contributed by atoms with Gasteiger partial charge in [0.15, 0.2) is 0 Å². The highest BCUT2D eigenvalue weighted by molar-refractivity contribution is 5.95. The number of nitrogens with one attached hydrogen (secondary N) is 2. The van der Waals surface area contributed by atoms with Gasteiger partial charge >= 0.3 is 0 Å². The number of ether oxygens (including phenoxy) is 1. The first-order valence-electron chi connectivity index (χ1n) is 9.52. The molecule has 156 valence electrons. The highest BCUT2D eigenvalue weighted by atomic mass is 19.1. The number of nitrogens with zero attached hydrogens (tertiary/aromatic N) is 2. The lowest BCUT2D eigenvalue weighted by atomic mass is 10.1. The second kappa shape index (κ2) is 9.21. The molecule has 0 aliphatic rings. The van der Waals surface area contributed by atoms with Crippen LogP contribution in [-0.2, 0) is 11.2 Å². The van der Waals surface area contributed by atoms with Gasteiger partial charge < -0.3 is 4.74 Å². The predicted octanol–water partition coefficient (Wildman–Crippen LogP) is 3.03. The molecule has 30 heavy (non-hydrogen) atoms. The third-order valence-electron chi connectivity index (χ3n) is 4.59. The minimum Gasteiger partial charge on any atom is -0.494 e. The third kappa shape index (κ3) is 4.83. The summed E-state index contributed by atoms with van der Waals surface area (Å²) in [4.78, 5) is 24.6. The lowest BCUT2D eigenvalue weighted by Crippen LogP contribution is -2.42. The van der Waals surface area contributed by atoms with Gasteiger partial charge in [-0.05, 0) is 69.3 Å². The van der Waals surface area contributed by atoms with E-state index in [-0.39, 0.29) is 18.1 Å². The zero-order valence-corrected chi connectivity index (χ0v) is 17.0. The van der Waals surface area contributed by atoms with Gasteiger partial charge in [0, 0.05) is 16.8 Å². The molecule has 0 bridgehead atoms. The van der Waals surface area contributed by atoms with E-state index in [9.17, 15) is 14.0 Å². The van der Waals surface area contributed by atoms with Gasteiger partial charge in [0.2, 0.25) is 5.91 Å². The van der Waals surface area contributed by atoms with Crippen molar-refractivity contribution in [1.82, 2.24) is 20.6 Å². The van der Waals surface area contributed by atoms with Crippen molar-refractivity contribution in [2.75, 3.05) is 6.61 Å². The molecule has 2 amide bonds. The Balaban J connectivity index is 1.62. The van der Waals surface area contributed by atoms with Crippen LogP contribution in [0.5, 0.6) is 5.75 Å². The number of hydrogen-bond acceptors (Lipinski definition) is 4. The van der Waals surface area contributed by atoms with Crippen molar-refractivity contribution in [3.63, 3.8) is 0 Å². The molecule has 2 N–H and O–H groups in total. The number of aryl methyl sites for hydroxylation is 1. The number of halogens is 1. The summed E-state index contributed by atoms with van der Waals surface area (Å²) in [5.41, 5.74) is 8.13. The molecule has 8 heteroatoms. The van der Waals surface area contributed by atoms with Crippen molar-refractivity contribution in [3.05, 3.63) is 76.9 Å². The predicted molar refractivity (Wildman–Crippen MR) is 110 cm³/mol. The first-order valence-corrected chi connectivity index (χ1v) is 9.52. The van der Waals surface area contributed by atoms with E-state index in [4.69, 9.17) is 4.74 Å². The van der Waals surface area contributed by atoms with Crippen LogP contribution in [0.1, 0.15) is 34.2 Å². The average molecular weight is 410 g/mol. The van der Waals surface area contributed by atoms with Crippen LogP contribution in [0, 0.1) is 19.7 Å². The Morgan fingerprint density at radius 3 is 2.33 bits per heavy atom. The van der Waals surface area contributed by atoms with Gasteiger partial charge in [0.25, 0.3) is 5.91 Å². The average Bonchev–Trinajstić information content (AvgIpc) is 3.01. The fourth-order valence-electron chi connectivity index (χ4n) is 3.04. The number of hydrazine groups is 1. The van der Waals surface area contributed by atoms with Crippen LogP contribution in [0.25, 0.3) is 5.69 Å². The molecule has 1 heterocycles. The van der Waals surface area contributed by atoms with Crippen LogP contribution < -0.4 is 15.6 Å². The maximum Gasteiger partial charge on any atom is 0.269 e. The summed E-state index contributed by atoms with van der Waals surface area (Å²) in [5, 5.41) is 4.44. The van der Waals surface area contributed by atoms with Crippen LogP contribution in [-0.4, -0.2) is 28.2 Å². The first-order chi connectivity index (χ1) is 14.4. The van der Waals surface area contributed by atoms with Crippen LogP contribution in [0.15, 0.2) is 48.5 Å². The number of hydrogen-bond donors (Lipinski definition) is 2. The largest absolute Gasteiger partial charge is 0.494 e. The number of amides is 2. The highest BCUT2D eigenvalue weighted by Crippen LogP contribution is 2.19. The number of carbonyl (C=O) groups is 2. The summed E-state index contributed by atoms with van der Waals surface area (Å²) in [6.07, 6.45) is 0.0441. The van der Waals surface area contributed by atoms with E-state index in [1.165, 1.54) is 12.1 Å². The molecule has 1 aromatic heterocycles. The van der Waals surface area contributed by atoms with E-state index >= 15 is 0 Å². The van der Waals surface area contributed by atoms with E-state index in [0.717, 1.165) is 11.3 Å². The third-order valence-corrected chi connectivity index (χ3v) is 4.59. The summed E-state index contributed by atoms with van der Waals surface area (Å²) < 4.78 is 20.2. The standard InChI is InChI=1S/C22H23FN4O3/c1-4-30-19-11-5-16(6-12-19)22(29)25-24-21(28)13-20-14(2)26-27(15(20)3)18-9-7-17(23)8-10-18/h5-12H,4,13H2,1-3H3,(H,24,28)(H,25,29). The topological polar surface area (TPSA) is 85.2 Å². The maximum atomic E-state index is 13.2. The number of carbonyl (C=O) groups excluding carboxylic acids is 2. The molecule has 0 saturated heterocycles. The quantitative estimate of drug-likeness (QED) is 0.612. The Hall–Kier alpha value is -3.68. The minimum atomic E-state index is -0.429. The van der Waals surface area contributed by atoms with Gasteiger partial charge in [-0.1, -0.05) is 0 Å². The van der Waals surface area contributed by atoms with Crippen LogP contribution in [0.4, 0.5) is 4.39 Å². The van der Waals surface area contributed by atoms with Gasteiger partial charge in [0.05, 0.1) is 24.4 Å². The van der Waals surface area contributed by atoms with Crippen molar-refractivity contribution in [2.24, 2.45) is 0 Å². The summed E-state index contributed by atoms with van der Waals surface area (Å²) in [6, 6.07) is 12.6. The second-order valence-electron chi connectivity index (χ2n) is 6.67. The molecule has 0 aliphatic carbocycles. The Kier molecular flexibility index (Phi) is 6.46. The maximum absolute atomic E-state index is 13.2. The molecule has 0 unspecified atom stereocenters. The molecule has 0 radical (unpaired) electrons. The summed E-state index contributed by atoms with van der Waals surface area (Å²) in [6.45, 7) is 6.06. The number of aromatic nitrogens is 2. The van der Waals surface area contributed by atoms with Gasteiger partial charge in [-0.2, -0.15) is 5.10 Å². The lowest BCUT2D eigenvalue weighted by molar-refractivity contribution is -0.121. The Bertz CT molecular complexity index is 1040. The van der Waals surface area contributed by atoms with Crippen molar-refractivity contribution < 1.29 is 18.7 Å². The fourth-order valence-corrected chi connectivity index (χ4v) is 3.04. The Labute approximate surface area is 173 Å². The zero-order valence-electron chi connectivity index (χ0n) is 17.0. The number of rotatable bonds is 6. The molecule has 0 saturated carbocycles. The Morgan fingerprint density at radius 1 is 1.03 bits per heavy atom. The van der Waals surface area contributed by atoms with Crippen molar-refractivity contribution in [2.45, 2.75) is 27.2 Å². The van der Waals surface area contributed by atoms with Crippen LogP contribution >= 0.6 is 0 Å². The molecule has 0 spiro atoms. The summed E-state index contributed by atoms with van der Waals surface area (Å²) >= 11 is 0. The number of benzene rings is 2. The SMILES string of the molecule is CCOc1ccc(C(=O)NNC(=O)Cc2c(C)nn(-c3ccc(F)cc3)c2C)cc1. The smallest absolute Gasteiger partial charge is 0.269 e.